The quantitative estimate of drug-likeness (QED) is 0.736. The number of ether oxygens (including phenoxy) is 1. The van der Waals surface area contributed by atoms with Gasteiger partial charge in [-0.3, -0.25) is 0 Å². The predicted octanol–water partition coefficient (Wildman–Crippen LogP) is 2.93. The Morgan fingerprint density at radius 3 is 2.27 bits per heavy atom. The molecule has 15 heavy (non-hydrogen) atoms. The van der Waals surface area contributed by atoms with E-state index in [4.69, 9.17) is 4.74 Å². The maximum absolute atomic E-state index is 5.16. The SMILES string of the molecule is COc1ccc(N2CCC(C)CC2)cc1. The largest absolute Gasteiger partial charge is 0.497 e. The van der Waals surface area contributed by atoms with Crippen molar-refractivity contribution in [2.24, 2.45) is 5.92 Å². The minimum absolute atomic E-state index is 0.888. The summed E-state index contributed by atoms with van der Waals surface area (Å²) in [6.45, 7) is 4.71. The van der Waals surface area contributed by atoms with Gasteiger partial charge >= 0.3 is 0 Å². The van der Waals surface area contributed by atoms with Gasteiger partial charge in [0.05, 0.1) is 7.11 Å². The van der Waals surface area contributed by atoms with Gasteiger partial charge in [-0.05, 0) is 43.0 Å². The minimum Gasteiger partial charge on any atom is -0.497 e. The zero-order chi connectivity index (χ0) is 10.7. The first kappa shape index (κ1) is 10.3. The normalized spacial score (nSPS) is 17.9. The Bertz CT molecular complexity index is 299. The van der Waals surface area contributed by atoms with Gasteiger partial charge in [0.1, 0.15) is 5.75 Å². The van der Waals surface area contributed by atoms with Crippen LogP contribution in [0.25, 0.3) is 0 Å². The Labute approximate surface area is 91.9 Å². The summed E-state index contributed by atoms with van der Waals surface area (Å²) in [6, 6.07) is 8.37. The lowest BCUT2D eigenvalue weighted by Gasteiger charge is -2.32. The Kier molecular flexibility index (Phi) is 3.14. The fraction of sp³-hybridized carbons (Fsp3) is 0.538. The molecule has 1 saturated heterocycles. The summed E-state index contributed by atoms with van der Waals surface area (Å²) >= 11 is 0. The molecule has 2 heteroatoms. The molecule has 0 N–H and O–H groups in total. The van der Waals surface area contributed by atoms with E-state index in [0.717, 1.165) is 11.7 Å². The second kappa shape index (κ2) is 4.56. The Morgan fingerprint density at radius 2 is 1.73 bits per heavy atom. The van der Waals surface area contributed by atoms with Gasteiger partial charge in [0.2, 0.25) is 0 Å². The first-order chi connectivity index (χ1) is 7.29. The van der Waals surface area contributed by atoms with Crippen LogP contribution in [0.2, 0.25) is 0 Å². The molecule has 2 rings (SSSR count). The molecule has 0 radical (unpaired) electrons. The van der Waals surface area contributed by atoms with Gasteiger partial charge in [-0.15, -0.1) is 0 Å². The van der Waals surface area contributed by atoms with E-state index in [2.05, 4.69) is 24.0 Å². The number of nitrogens with zero attached hydrogens (tertiary/aromatic N) is 1. The molecule has 82 valence electrons. The Morgan fingerprint density at radius 1 is 1.13 bits per heavy atom. The van der Waals surface area contributed by atoms with Crippen LogP contribution < -0.4 is 9.64 Å². The fourth-order valence-electron chi connectivity index (χ4n) is 2.06. The average Bonchev–Trinajstić information content (AvgIpc) is 2.30. The lowest BCUT2D eigenvalue weighted by atomic mass is 9.99. The summed E-state index contributed by atoms with van der Waals surface area (Å²) in [5.41, 5.74) is 1.32. The van der Waals surface area contributed by atoms with Crippen molar-refractivity contribution in [3.05, 3.63) is 24.3 Å². The predicted molar refractivity (Wildman–Crippen MR) is 63.6 cm³/mol. The van der Waals surface area contributed by atoms with Crippen molar-refractivity contribution in [1.82, 2.24) is 0 Å². The number of hydrogen-bond donors (Lipinski definition) is 0. The van der Waals surface area contributed by atoms with Crippen molar-refractivity contribution < 1.29 is 4.74 Å². The summed E-state index contributed by atoms with van der Waals surface area (Å²) in [7, 11) is 1.71. The van der Waals surface area contributed by atoms with Crippen LogP contribution in [0.1, 0.15) is 19.8 Å². The van der Waals surface area contributed by atoms with E-state index in [1.807, 2.05) is 12.1 Å². The summed E-state index contributed by atoms with van der Waals surface area (Å²) in [5.74, 6) is 1.82. The van der Waals surface area contributed by atoms with E-state index >= 15 is 0 Å². The van der Waals surface area contributed by atoms with Crippen LogP contribution in [0.4, 0.5) is 5.69 Å². The van der Waals surface area contributed by atoms with Gasteiger partial charge in [-0.2, -0.15) is 0 Å². The molecule has 2 nitrogen and oxygen atoms in total. The van der Waals surface area contributed by atoms with Gasteiger partial charge in [0.15, 0.2) is 0 Å². The number of methoxy groups -OCH3 is 1. The summed E-state index contributed by atoms with van der Waals surface area (Å²) < 4.78 is 5.16. The summed E-state index contributed by atoms with van der Waals surface area (Å²) in [5, 5.41) is 0. The highest BCUT2D eigenvalue weighted by molar-refractivity contribution is 5.49. The van der Waals surface area contributed by atoms with E-state index in [-0.39, 0.29) is 0 Å². The number of anilines is 1. The molecule has 1 heterocycles. The highest BCUT2D eigenvalue weighted by Crippen LogP contribution is 2.24. The number of piperidine rings is 1. The molecule has 0 atom stereocenters. The van der Waals surface area contributed by atoms with Gasteiger partial charge in [-0.1, -0.05) is 6.92 Å². The molecule has 0 saturated carbocycles. The third-order valence-electron chi connectivity index (χ3n) is 3.22. The molecule has 1 aliphatic rings. The molecule has 0 spiro atoms. The lowest BCUT2D eigenvalue weighted by molar-refractivity contribution is 0.414. The van der Waals surface area contributed by atoms with Gasteiger partial charge in [0, 0.05) is 18.8 Å². The van der Waals surface area contributed by atoms with E-state index < -0.39 is 0 Å². The van der Waals surface area contributed by atoms with Crippen molar-refractivity contribution in [1.29, 1.82) is 0 Å². The van der Waals surface area contributed by atoms with Crippen molar-refractivity contribution in [2.45, 2.75) is 19.8 Å². The highest BCUT2D eigenvalue weighted by atomic mass is 16.5. The lowest BCUT2D eigenvalue weighted by Crippen LogP contribution is -2.32. The van der Waals surface area contributed by atoms with Crippen molar-refractivity contribution in [2.75, 3.05) is 25.1 Å². The molecular formula is C13H19NO. The molecule has 0 bridgehead atoms. The number of benzene rings is 1. The number of hydrogen-bond acceptors (Lipinski definition) is 2. The number of rotatable bonds is 2. The van der Waals surface area contributed by atoms with Crippen LogP contribution in [-0.4, -0.2) is 20.2 Å². The maximum atomic E-state index is 5.16. The third-order valence-corrected chi connectivity index (χ3v) is 3.22. The van der Waals surface area contributed by atoms with Crippen LogP contribution in [-0.2, 0) is 0 Å². The van der Waals surface area contributed by atoms with Crippen LogP contribution in [0.5, 0.6) is 5.75 Å². The van der Waals surface area contributed by atoms with E-state index in [1.54, 1.807) is 7.11 Å². The van der Waals surface area contributed by atoms with Gasteiger partial charge in [-0.25, -0.2) is 0 Å². The second-order valence-electron chi connectivity index (χ2n) is 4.37. The Balaban J connectivity index is 2.03. The summed E-state index contributed by atoms with van der Waals surface area (Å²) in [6.07, 6.45) is 2.62. The Hall–Kier alpha value is -1.18. The molecule has 1 aromatic rings. The monoisotopic (exact) mass is 205 g/mol. The molecule has 0 aromatic heterocycles. The highest BCUT2D eigenvalue weighted by Gasteiger charge is 2.15. The van der Waals surface area contributed by atoms with Crippen LogP contribution in [0.3, 0.4) is 0 Å². The van der Waals surface area contributed by atoms with Gasteiger partial charge in [0.25, 0.3) is 0 Å². The molecular weight excluding hydrogens is 186 g/mol. The summed E-state index contributed by atoms with van der Waals surface area (Å²) in [4.78, 5) is 2.46. The van der Waals surface area contributed by atoms with Crippen LogP contribution in [0.15, 0.2) is 24.3 Å². The first-order valence-corrected chi connectivity index (χ1v) is 5.68. The molecule has 1 aromatic carbocycles. The maximum Gasteiger partial charge on any atom is 0.119 e. The molecule has 0 amide bonds. The first-order valence-electron chi connectivity index (χ1n) is 5.68. The van der Waals surface area contributed by atoms with E-state index in [1.165, 1.54) is 31.6 Å². The van der Waals surface area contributed by atoms with E-state index in [9.17, 15) is 0 Å². The molecule has 1 aliphatic heterocycles. The van der Waals surface area contributed by atoms with Crippen LogP contribution >= 0.6 is 0 Å². The molecule has 0 aliphatic carbocycles. The van der Waals surface area contributed by atoms with Crippen molar-refractivity contribution >= 4 is 5.69 Å². The smallest absolute Gasteiger partial charge is 0.119 e. The minimum atomic E-state index is 0.888. The van der Waals surface area contributed by atoms with Crippen molar-refractivity contribution in [3.8, 4) is 5.75 Å². The standard InChI is InChI=1S/C13H19NO/c1-11-7-9-14(10-8-11)12-3-5-13(15-2)6-4-12/h3-6,11H,7-10H2,1-2H3. The molecule has 0 unspecified atom stereocenters. The topological polar surface area (TPSA) is 12.5 Å². The molecule has 1 fully saturated rings. The fourth-order valence-corrected chi connectivity index (χ4v) is 2.06. The zero-order valence-corrected chi connectivity index (χ0v) is 9.57. The van der Waals surface area contributed by atoms with Crippen molar-refractivity contribution in [3.63, 3.8) is 0 Å². The average molecular weight is 205 g/mol. The zero-order valence-electron chi connectivity index (χ0n) is 9.57. The third kappa shape index (κ3) is 2.44. The second-order valence-corrected chi connectivity index (χ2v) is 4.37. The van der Waals surface area contributed by atoms with Crippen LogP contribution in [0, 0.1) is 5.92 Å². The van der Waals surface area contributed by atoms with Gasteiger partial charge < -0.3 is 9.64 Å². The van der Waals surface area contributed by atoms with E-state index in [0.29, 0.717) is 0 Å².